The highest BCUT2D eigenvalue weighted by Gasteiger charge is 2.52. The van der Waals surface area contributed by atoms with Crippen molar-refractivity contribution < 1.29 is 9.90 Å². The third kappa shape index (κ3) is 1.47. The smallest absolute Gasteiger partial charge is 0.335 e. The Balaban J connectivity index is 1.87. The van der Waals surface area contributed by atoms with E-state index in [1.54, 1.807) is 18.2 Å². The topological polar surface area (TPSA) is 40.5 Å². The van der Waals surface area contributed by atoms with E-state index in [1.165, 1.54) is 12.8 Å². The number of carboxylic acids is 1. The molecule has 1 aliphatic heterocycles. The van der Waals surface area contributed by atoms with Gasteiger partial charge in [0, 0.05) is 18.5 Å². The Morgan fingerprint density at radius 1 is 1.38 bits per heavy atom. The van der Waals surface area contributed by atoms with Crippen LogP contribution in [0.1, 0.15) is 23.2 Å². The first-order chi connectivity index (χ1) is 7.60. The number of anilines is 1. The summed E-state index contributed by atoms with van der Waals surface area (Å²) in [7, 11) is 0. The molecule has 1 aromatic rings. The van der Waals surface area contributed by atoms with Crippen molar-refractivity contribution in [2.75, 3.05) is 18.0 Å². The predicted octanol–water partition coefficient (Wildman–Crippen LogP) is 2.64. The fraction of sp³-hybridized carbons (Fsp3) is 0.417. The Labute approximate surface area is 98.6 Å². The van der Waals surface area contributed by atoms with Gasteiger partial charge in [0.2, 0.25) is 0 Å². The Bertz CT molecular complexity index is 460. The molecule has 0 amide bonds. The van der Waals surface area contributed by atoms with Gasteiger partial charge in [0.1, 0.15) is 0 Å². The molecule has 4 heteroatoms. The van der Waals surface area contributed by atoms with Gasteiger partial charge in [-0.15, -0.1) is 0 Å². The largest absolute Gasteiger partial charge is 0.478 e. The van der Waals surface area contributed by atoms with E-state index >= 15 is 0 Å². The van der Waals surface area contributed by atoms with E-state index in [4.69, 9.17) is 16.7 Å². The first kappa shape index (κ1) is 9.97. The maximum Gasteiger partial charge on any atom is 0.335 e. The van der Waals surface area contributed by atoms with Crippen LogP contribution in [0.4, 0.5) is 5.69 Å². The van der Waals surface area contributed by atoms with Crippen LogP contribution in [0.3, 0.4) is 0 Å². The van der Waals surface area contributed by atoms with E-state index in [9.17, 15) is 4.79 Å². The average molecular weight is 238 g/mol. The minimum Gasteiger partial charge on any atom is -0.478 e. The van der Waals surface area contributed by atoms with Crippen molar-refractivity contribution in [3.05, 3.63) is 28.8 Å². The lowest BCUT2D eigenvalue weighted by molar-refractivity contribution is 0.0697. The molecule has 0 radical (unpaired) electrons. The molecule has 1 heterocycles. The standard InChI is InChI=1S/C12H12ClNO2/c13-9-2-1-8(11(15)16)5-10(9)14-6-12(7-14)3-4-12/h1-2,5H,3-4,6-7H2,(H,15,16). The summed E-state index contributed by atoms with van der Waals surface area (Å²) in [6.45, 7) is 2.05. The SMILES string of the molecule is O=C(O)c1ccc(Cl)c(N2CC3(CC3)C2)c1. The monoisotopic (exact) mass is 237 g/mol. The van der Waals surface area contributed by atoms with Crippen molar-refractivity contribution in [2.45, 2.75) is 12.8 Å². The molecule has 0 aromatic heterocycles. The summed E-state index contributed by atoms with van der Waals surface area (Å²) in [5.41, 5.74) is 1.71. The Kier molecular flexibility index (Phi) is 1.96. The normalized spacial score (nSPS) is 20.7. The summed E-state index contributed by atoms with van der Waals surface area (Å²) >= 11 is 6.09. The second kappa shape index (κ2) is 3.14. The predicted molar refractivity (Wildman–Crippen MR) is 62.3 cm³/mol. The van der Waals surface area contributed by atoms with Gasteiger partial charge in [-0.25, -0.2) is 4.79 Å². The third-order valence-electron chi connectivity index (χ3n) is 3.54. The van der Waals surface area contributed by atoms with E-state index in [0.29, 0.717) is 16.0 Å². The summed E-state index contributed by atoms with van der Waals surface area (Å²) in [5, 5.41) is 9.57. The molecule has 0 unspecified atom stereocenters. The Morgan fingerprint density at radius 2 is 2.06 bits per heavy atom. The van der Waals surface area contributed by atoms with Gasteiger partial charge in [0.15, 0.2) is 0 Å². The van der Waals surface area contributed by atoms with E-state index < -0.39 is 5.97 Å². The summed E-state index contributed by atoms with van der Waals surface area (Å²) < 4.78 is 0. The maximum atomic E-state index is 10.9. The highest BCUT2D eigenvalue weighted by atomic mass is 35.5. The molecule has 1 saturated carbocycles. The zero-order chi connectivity index (χ0) is 11.3. The molecule has 1 aliphatic carbocycles. The lowest BCUT2D eigenvalue weighted by atomic mass is 9.95. The third-order valence-corrected chi connectivity index (χ3v) is 3.86. The number of hydrogen-bond acceptors (Lipinski definition) is 2. The van der Waals surface area contributed by atoms with Crippen LogP contribution < -0.4 is 4.90 Å². The van der Waals surface area contributed by atoms with Crippen molar-refractivity contribution in [2.24, 2.45) is 5.41 Å². The molecule has 1 spiro atoms. The number of benzene rings is 1. The molecule has 2 aliphatic rings. The molecule has 84 valence electrons. The van der Waals surface area contributed by atoms with Crippen molar-refractivity contribution in [1.29, 1.82) is 0 Å². The van der Waals surface area contributed by atoms with Gasteiger partial charge in [-0.2, -0.15) is 0 Å². The average Bonchev–Trinajstić information content (AvgIpc) is 2.96. The first-order valence-corrected chi connectivity index (χ1v) is 5.75. The lowest BCUT2D eigenvalue weighted by Gasteiger charge is -2.42. The highest BCUT2D eigenvalue weighted by molar-refractivity contribution is 6.33. The minimum absolute atomic E-state index is 0.302. The second-order valence-corrected chi connectivity index (χ2v) is 5.23. The molecule has 0 atom stereocenters. The quantitative estimate of drug-likeness (QED) is 0.860. The zero-order valence-electron chi connectivity index (χ0n) is 8.74. The van der Waals surface area contributed by atoms with Gasteiger partial charge in [-0.1, -0.05) is 11.6 Å². The van der Waals surface area contributed by atoms with Crippen LogP contribution in [0.15, 0.2) is 18.2 Å². The van der Waals surface area contributed by atoms with Crippen molar-refractivity contribution in [3.63, 3.8) is 0 Å². The molecule has 1 aromatic carbocycles. The number of aromatic carboxylic acids is 1. The van der Waals surface area contributed by atoms with E-state index in [1.807, 2.05) is 0 Å². The minimum atomic E-state index is -0.903. The number of halogens is 1. The van der Waals surface area contributed by atoms with Gasteiger partial charge < -0.3 is 10.0 Å². The fourth-order valence-electron chi connectivity index (χ4n) is 2.31. The first-order valence-electron chi connectivity index (χ1n) is 5.38. The van der Waals surface area contributed by atoms with Crippen LogP contribution in [0.25, 0.3) is 0 Å². The molecular weight excluding hydrogens is 226 g/mol. The second-order valence-electron chi connectivity index (χ2n) is 4.83. The van der Waals surface area contributed by atoms with Gasteiger partial charge >= 0.3 is 5.97 Å². The number of carbonyl (C=O) groups is 1. The van der Waals surface area contributed by atoms with Gasteiger partial charge in [-0.3, -0.25) is 0 Å². The molecular formula is C12H12ClNO2. The Morgan fingerprint density at radius 3 is 2.62 bits per heavy atom. The number of rotatable bonds is 2. The number of hydrogen-bond donors (Lipinski definition) is 1. The summed E-state index contributed by atoms with van der Waals surface area (Å²) in [4.78, 5) is 13.0. The summed E-state index contributed by atoms with van der Waals surface area (Å²) in [6.07, 6.45) is 2.61. The molecule has 3 nitrogen and oxygen atoms in total. The molecule has 3 rings (SSSR count). The molecule has 1 saturated heterocycles. The summed E-state index contributed by atoms with van der Waals surface area (Å²) in [5.74, 6) is -0.903. The lowest BCUT2D eigenvalue weighted by Crippen LogP contribution is -2.48. The van der Waals surface area contributed by atoms with E-state index in [-0.39, 0.29) is 0 Å². The number of carboxylic acid groups (broad SMARTS) is 1. The number of nitrogens with zero attached hydrogens (tertiary/aromatic N) is 1. The van der Waals surface area contributed by atoms with Gasteiger partial charge in [-0.05, 0) is 31.0 Å². The maximum absolute atomic E-state index is 10.9. The zero-order valence-corrected chi connectivity index (χ0v) is 9.50. The highest BCUT2D eigenvalue weighted by Crippen LogP contribution is 2.54. The molecule has 16 heavy (non-hydrogen) atoms. The Hall–Kier alpha value is -1.22. The van der Waals surface area contributed by atoms with E-state index in [0.717, 1.165) is 18.8 Å². The fourth-order valence-corrected chi connectivity index (χ4v) is 2.55. The molecule has 1 N–H and O–H groups in total. The molecule has 0 bridgehead atoms. The van der Waals surface area contributed by atoms with Crippen LogP contribution in [-0.4, -0.2) is 24.2 Å². The van der Waals surface area contributed by atoms with E-state index in [2.05, 4.69) is 4.90 Å². The van der Waals surface area contributed by atoms with Crippen LogP contribution in [0, 0.1) is 5.41 Å². The van der Waals surface area contributed by atoms with Crippen LogP contribution in [0.5, 0.6) is 0 Å². The van der Waals surface area contributed by atoms with Crippen LogP contribution >= 0.6 is 11.6 Å². The van der Waals surface area contributed by atoms with Gasteiger partial charge in [0.25, 0.3) is 0 Å². The van der Waals surface area contributed by atoms with Crippen LogP contribution in [0.2, 0.25) is 5.02 Å². The molecule has 2 fully saturated rings. The van der Waals surface area contributed by atoms with Crippen molar-refractivity contribution in [3.8, 4) is 0 Å². The van der Waals surface area contributed by atoms with Crippen LogP contribution in [-0.2, 0) is 0 Å². The van der Waals surface area contributed by atoms with Crippen molar-refractivity contribution >= 4 is 23.3 Å². The van der Waals surface area contributed by atoms with Crippen molar-refractivity contribution in [1.82, 2.24) is 0 Å². The summed E-state index contributed by atoms with van der Waals surface area (Å²) in [6, 6.07) is 4.87. The van der Waals surface area contributed by atoms with Gasteiger partial charge in [0.05, 0.1) is 16.3 Å².